The van der Waals surface area contributed by atoms with Gasteiger partial charge in [-0.2, -0.15) is 0 Å². The molecular formula is C10H13NO4S. The first-order valence-corrected chi connectivity index (χ1v) is 6.15. The maximum absolute atomic E-state index is 11.9. The molecule has 0 saturated carbocycles. The Balaban J connectivity index is 3.07. The summed E-state index contributed by atoms with van der Waals surface area (Å²) in [6.45, 7) is 2.46. The van der Waals surface area contributed by atoms with Crippen molar-refractivity contribution in [3.8, 4) is 0 Å². The van der Waals surface area contributed by atoms with Crippen LogP contribution in [0.25, 0.3) is 0 Å². The summed E-state index contributed by atoms with van der Waals surface area (Å²) in [5.41, 5.74) is 4.61. The molecule has 1 aromatic rings. The number of benzene rings is 1. The molecule has 1 atom stereocenters. The fourth-order valence-electron chi connectivity index (χ4n) is 1.18. The molecule has 6 heteroatoms. The van der Waals surface area contributed by atoms with Gasteiger partial charge >= 0.3 is 5.97 Å². The minimum atomic E-state index is -3.68. The third-order valence-electron chi connectivity index (χ3n) is 1.96. The number of hydrogen-bond donors (Lipinski definition) is 1. The van der Waals surface area contributed by atoms with Gasteiger partial charge in [0.2, 0.25) is 15.3 Å². The molecular weight excluding hydrogens is 230 g/mol. The smallest absolute Gasteiger partial charge is 0.303 e. The van der Waals surface area contributed by atoms with E-state index in [1.165, 1.54) is 25.1 Å². The average molecular weight is 243 g/mol. The molecule has 0 fully saturated rings. The highest BCUT2D eigenvalue weighted by Gasteiger charge is 2.25. The van der Waals surface area contributed by atoms with Crippen molar-refractivity contribution in [2.75, 3.05) is 5.73 Å². The molecule has 0 aromatic heterocycles. The van der Waals surface area contributed by atoms with Crippen molar-refractivity contribution in [1.29, 1.82) is 0 Å². The Bertz CT molecular complexity index is 495. The zero-order chi connectivity index (χ0) is 12.3. The summed E-state index contributed by atoms with van der Waals surface area (Å²) in [5, 5.41) is 0. The standard InChI is InChI=1S/C10H13NO4S/c1-7(12)15-8(2)16(13,14)10-5-3-4-9(11)6-10/h3-6,8H,11H2,1-2H3. The molecule has 0 aliphatic heterocycles. The molecule has 1 aromatic carbocycles. The maximum atomic E-state index is 11.9. The van der Waals surface area contributed by atoms with Crippen LogP contribution in [0.5, 0.6) is 0 Å². The summed E-state index contributed by atoms with van der Waals surface area (Å²) in [6, 6.07) is 5.85. The number of sulfone groups is 1. The lowest BCUT2D eigenvalue weighted by molar-refractivity contribution is -0.142. The Morgan fingerprint density at radius 1 is 1.44 bits per heavy atom. The van der Waals surface area contributed by atoms with E-state index >= 15 is 0 Å². The monoisotopic (exact) mass is 243 g/mol. The minimum Gasteiger partial charge on any atom is -0.446 e. The van der Waals surface area contributed by atoms with Crippen molar-refractivity contribution in [2.24, 2.45) is 0 Å². The highest BCUT2D eigenvalue weighted by molar-refractivity contribution is 7.91. The number of carbonyl (C=O) groups excluding carboxylic acids is 1. The van der Waals surface area contributed by atoms with Gasteiger partial charge in [-0.1, -0.05) is 6.07 Å². The second-order valence-electron chi connectivity index (χ2n) is 3.29. The number of nitrogen functional groups attached to an aromatic ring is 1. The summed E-state index contributed by atoms with van der Waals surface area (Å²) in [5.74, 6) is -0.639. The molecule has 0 aliphatic carbocycles. The lowest BCUT2D eigenvalue weighted by Crippen LogP contribution is -2.23. The van der Waals surface area contributed by atoms with Crippen molar-refractivity contribution < 1.29 is 17.9 Å². The van der Waals surface area contributed by atoms with Crippen molar-refractivity contribution >= 4 is 21.5 Å². The first-order chi connectivity index (χ1) is 7.34. The van der Waals surface area contributed by atoms with E-state index in [0.29, 0.717) is 5.69 Å². The largest absolute Gasteiger partial charge is 0.446 e. The number of carbonyl (C=O) groups is 1. The minimum absolute atomic E-state index is 0.0428. The van der Waals surface area contributed by atoms with E-state index in [2.05, 4.69) is 4.74 Å². The Kier molecular flexibility index (Phi) is 3.54. The van der Waals surface area contributed by atoms with Gasteiger partial charge in [-0.25, -0.2) is 8.42 Å². The number of hydrogen-bond acceptors (Lipinski definition) is 5. The lowest BCUT2D eigenvalue weighted by Gasteiger charge is -2.13. The maximum Gasteiger partial charge on any atom is 0.303 e. The van der Waals surface area contributed by atoms with E-state index in [9.17, 15) is 13.2 Å². The molecule has 2 N–H and O–H groups in total. The molecule has 0 saturated heterocycles. The molecule has 88 valence electrons. The van der Waals surface area contributed by atoms with Gasteiger partial charge in [0.05, 0.1) is 4.90 Å². The van der Waals surface area contributed by atoms with Crippen LogP contribution in [0.15, 0.2) is 29.2 Å². The molecule has 0 amide bonds. The summed E-state index contributed by atoms with van der Waals surface area (Å²) in [7, 11) is -3.68. The van der Waals surface area contributed by atoms with Gasteiger partial charge < -0.3 is 10.5 Å². The van der Waals surface area contributed by atoms with Gasteiger partial charge in [-0.15, -0.1) is 0 Å². The molecule has 16 heavy (non-hydrogen) atoms. The summed E-state index contributed by atoms with van der Waals surface area (Å²) >= 11 is 0. The highest BCUT2D eigenvalue weighted by Crippen LogP contribution is 2.19. The third kappa shape index (κ3) is 2.73. The van der Waals surface area contributed by atoms with Crippen LogP contribution in [0.1, 0.15) is 13.8 Å². The fourth-order valence-corrected chi connectivity index (χ4v) is 2.39. The molecule has 0 bridgehead atoms. The molecule has 0 heterocycles. The predicted octanol–water partition coefficient (Wildman–Crippen LogP) is 0.952. The normalized spacial score (nSPS) is 13.1. The van der Waals surface area contributed by atoms with Crippen LogP contribution >= 0.6 is 0 Å². The van der Waals surface area contributed by atoms with E-state index in [1.54, 1.807) is 6.07 Å². The van der Waals surface area contributed by atoms with Crippen molar-refractivity contribution in [1.82, 2.24) is 0 Å². The van der Waals surface area contributed by atoms with E-state index in [1.807, 2.05) is 0 Å². The number of rotatable bonds is 3. The second-order valence-corrected chi connectivity index (χ2v) is 5.52. The number of ether oxygens (including phenoxy) is 1. The van der Waals surface area contributed by atoms with Crippen LogP contribution in [0.3, 0.4) is 0 Å². The van der Waals surface area contributed by atoms with Crippen LogP contribution in [0, 0.1) is 0 Å². The Hall–Kier alpha value is -1.56. The first-order valence-electron chi connectivity index (χ1n) is 4.60. The predicted molar refractivity (Wildman–Crippen MR) is 59.3 cm³/mol. The quantitative estimate of drug-likeness (QED) is 0.631. The van der Waals surface area contributed by atoms with Crippen LogP contribution in [-0.4, -0.2) is 19.8 Å². The van der Waals surface area contributed by atoms with Crippen molar-refractivity contribution in [3.05, 3.63) is 24.3 Å². The van der Waals surface area contributed by atoms with Gasteiger partial charge in [0.25, 0.3) is 0 Å². The molecule has 0 radical (unpaired) electrons. The van der Waals surface area contributed by atoms with Gasteiger partial charge in [0.15, 0.2) is 0 Å². The number of anilines is 1. The number of esters is 1. The summed E-state index contributed by atoms with van der Waals surface area (Å²) < 4.78 is 28.4. The van der Waals surface area contributed by atoms with E-state index in [4.69, 9.17) is 5.73 Å². The summed E-state index contributed by atoms with van der Waals surface area (Å²) in [6.07, 6.45) is 0. The zero-order valence-corrected chi connectivity index (χ0v) is 9.82. The SMILES string of the molecule is CC(=O)OC(C)S(=O)(=O)c1cccc(N)c1. The van der Waals surface area contributed by atoms with Crippen LogP contribution in [0.2, 0.25) is 0 Å². The molecule has 0 aliphatic rings. The highest BCUT2D eigenvalue weighted by atomic mass is 32.2. The Morgan fingerprint density at radius 3 is 2.56 bits per heavy atom. The third-order valence-corrected chi connectivity index (χ3v) is 3.84. The van der Waals surface area contributed by atoms with Crippen LogP contribution in [0.4, 0.5) is 5.69 Å². The van der Waals surface area contributed by atoms with Gasteiger partial charge in [-0.05, 0) is 25.1 Å². The Morgan fingerprint density at radius 2 is 2.06 bits per heavy atom. The van der Waals surface area contributed by atoms with E-state index < -0.39 is 21.2 Å². The lowest BCUT2D eigenvalue weighted by atomic mass is 10.3. The van der Waals surface area contributed by atoms with Crippen molar-refractivity contribution in [3.63, 3.8) is 0 Å². The fraction of sp³-hybridized carbons (Fsp3) is 0.300. The van der Waals surface area contributed by atoms with E-state index in [-0.39, 0.29) is 4.90 Å². The Labute approximate surface area is 94.1 Å². The molecule has 1 unspecified atom stereocenters. The molecule has 1 rings (SSSR count). The van der Waals surface area contributed by atoms with Gasteiger partial charge in [0, 0.05) is 12.6 Å². The van der Waals surface area contributed by atoms with Crippen molar-refractivity contribution in [2.45, 2.75) is 24.2 Å². The van der Waals surface area contributed by atoms with Gasteiger partial charge in [0.1, 0.15) is 0 Å². The zero-order valence-electron chi connectivity index (χ0n) is 9.01. The molecule has 0 spiro atoms. The van der Waals surface area contributed by atoms with E-state index in [0.717, 1.165) is 6.92 Å². The first kappa shape index (κ1) is 12.5. The topological polar surface area (TPSA) is 86.5 Å². The second kappa shape index (κ2) is 4.52. The summed E-state index contributed by atoms with van der Waals surface area (Å²) in [4.78, 5) is 10.7. The molecule has 5 nitrogen and oxygen atoms in total. The van der Waals surface area contributed by atoms with Gasteiger partial charge in [-0.3, -0.25) is 4.79 Å². The average Bonchev–Trinajstić information content (AvgIpc) is 2.16. The van der Waals surface area contributed by atoms with Crippen LogP contribution in [-0.2, 0) is 19.4 Å². The van der Waals surface area contributed by atoms with Crippen LogP contribution < -0.4 is 5.73 Å². The number of nitrogens with two attached hydrogens (primary N) is 1.